The third-order valence-electron chi connectivity index (χ3n) is 3.96. The van der Waals surface area contributed by atoms with E-state index in [1.165, 1.54) is 0 Å². The molecule has 0 saturated carbocycles. The van der Waals surface area contributed by atoms with E-state index in [1.54, 1.807) is 11.6 Å². The molecule has 0 bridgehead atoms. The van der Waals surface area contributed by atoms with E-state index in [2.05, 4.69) is 25.3 Å². The molecule has 0 spiro atoms. The first-order valence-electron chi connectivity index (χ1n) is 8.06. The molecule has 1 aliphatic rings. The van der Waals surface area contributed by atoms with Gasteiger partial charge in [-0.15, -0.1) is 5.10 Å². The average Bonchev–Trinajstić information content (AvgIpc) is 3.24. The minimum absolute atomic E-state index is 0.159. The molecule has 1 atom stereocenters. The van der Waals surface area contributed by atoms with Gasteiger partial charge in [0.2, 0.25) is 0 Å². The molecule has 0 radical (unpaired) electrons. The quantitative estimate of drug-likeness (QED) is 0.642. The van der Waals surface area contributed by atoms with Crippen LogP contribution in [0.25, 0.3) is 11.2 Å². The van der Waals surface area contributed by atoms with Crippen LogP contribution >= 0.6 is 11.6 Å². The predicted molar refractivity (Wildman–Crippen MR) is 90.2 cm³/mol. The van der Waals surface area contributed by atoms with E-state index in [0.717, 1.165) is 24.4 Å². The summed E-state index contributed by atoms with van der Waals surface area (Å²) in [5, 5.41) is 8.49. The minimum atomic E-state index is 0.159. The molecule has 0 aliphatic carbocycles. The maximum Gasteiger partial charge on any atom is 0.183 e. The van der Waals surface area contributed by atoms with Crippen molar-refractivity contribution in [1.29, 1.82) is 0 Å². The number of fused-ring (bicyclic) bond motifs is 1. The van der Waals surface area contributed by atoms with Gasteiger partial charge in [-0.05, 0) is 25.5 Å². The van der Waals surface area contributed by atoms with Gasteiger partial charge in [-0.1, -0.05) is 22.9 Å². The van der Waals surface area contributed by atoms with Crippen LogP contribution in [0, 0.1) is 6.92 Å². The van der Waals surface area contributed by atoms with Gasteiger partial charge in [0.05, 0.1) is 37.3 Å². The highest BCUT2D eigenvalue weighted by Gasteiger charge is 2.16. The highest BCUT2D eigenvalue weighted by atomic mass is 35.5. The Hall–Kier alpha value is -2.16. The zero-order chi connectivity index (χ0) is 17.2. The zero-order valence-electron chi connectivity index (χ0n) is 13.7. The molecule has 25 heavy (non-hydrogen) atoms. The second-order valence-corrected chi connectivity index (χ2v) is 6.26. The average molecular weight is 361 g/mol. The Balaban J connectivity index is 1.52. The number of aromatic nitrogens is 6. The van der Waals surface area contributed by atoms with E-state index >= 15 is 0 Å². The molecule has 0 aromatic carbocycles. The Morgan fingerprint density at radius 2 is 2.16 bits per heavy atom. The van der Waals surface area contributed by atoms with Gasteiger partial charge >= 0.3 is 0 Å². The van der Waals surface area contributed by atoms with Crippen molar-refractivity contribution in [1.82, 2.24) is 29.9 Å². The molecular formula is C16H17ClN6O2. The van der Waals surface area contributed by atoms with Gasteiger partial charge in [0.15, 0.2) is 16.3 Å². The molecule has 0 unspecified atom stereocenters. The van der Waals surface area contributed by atoms with Crippen LogP contribution < -0.4 is 0 Å². The lowest BCUT2D eigenvalue weighted by Crippen LogP contribution is -2.13. The smallest absolute Gasteiger partial charge is 0.183 e. The van der Waals surface area contributed by atoms with Gasteiger partial charge in [-0.3, -0.25) is 4.98 Å². The summed E-state index contributed by atoms with van der Waals surface area (Å²) < 4.78 is 12.8. The summed E-state index contributed by atoms with van der Waals surface area (Å²) >= 11 is 6.10. The fraction of sp³-hybridized carbons (Fsp3) is 0.438. The van der Waals surface area contributed by atoms with Crippen LogP contribution in [0.15, 0.2) is 18.2 Å². The number of pyridine rings is 1. The Labute approximate surface area is 149 Å². The monoisotopic (exact) mass is 360 g/mol. The molecule has 4 rings (SSSR count). The lowest BCUT2D eigenvalue weighted by atomic mass is 10.3. The standard InChI is InChI=1S/C16H17ClN6O2/c1-10-18-15(17)14-16(19-10)23(22-21-14)7-11-3-2-4-12(20-11)8-25-13-5-6-24-9-13/h2-4,13H,5-9H2,1H3/t13-/m0/s1. The number of rotatable bonds is 5. The maximum absolute atomic E-state index is 6.10. The summed E-state index contributed by atoms with van der Waals surface area (Å²) in [4.78, 5) is 13.1. The molecule has 130 valence electrons. The Morgan fingerprint density at radius 3 is 3.00 bits per heavy atom. The summed E-state index contributed by atoms with van der Waals surface area (Å²) in [5.41, 5.74) is 2.82. The summed E-state index contributed by atoms with van der Waals surface area (Å²) in [6.45, 7) is 4.12. The second kappa shape index (κ2) is 6.99. The van der Waals surface area contributed by atoms with Crippen molar-refractivity contribution in [3.8, 4) is 0 Å². The van der Waals surface area contributed by atoms with Crippen LogP contribution in [0.4, 0.5) is 0 Å². The number of halogens is 1. The molecule has 8 nitrogen and oxygen atoms in total. The number of aryl methyl sites for hydroxylation is 1. The highest BCUT2D eigenvalue weighted by Crippen LogP contribution is 2.18. The van der Waals surface area contributed by atoms with Crippen molar-refractivity contribution in [2.24, 2.45) is 0 Å². The van der Waals surface area contributed by atoms with Crippen LogP contribution in [0.3, 0.4) is 0 Å². The number of ether oxygens (including phenoxy) is 2. The molecule has 3 aromatic heterocycles. The van der Waals surface area contributed by atoms with Gasteiger partial charge < -0.3 is 9.47 Å². The molecule has 1 saturated heterocycles. The molecule has 3 aromatic rings. The Morgan fingerprint density at radius 1 is 1.28 bits per heavy atom. The normalized spacial score (nSPS) is 17.4. The molecule has 4 heterocycles. The molecule has 0 N–H and O–H groups in total. The van der Waals surface area contributed by atoms with E-state index in [-0.39, 0.29) is 6.10 Å². The largest absolute Gasteiger partial charge is 0.379 e. The van der Waals surface area contributed by atoms with Gasteiger partial charge in [0.1, 0.15) is 5.82 Å². The van der Waals surface area contributed by atoms with E-state index in [1.807, 2.05) is 18.2 Å². The van der Waals surface area contributed by atoms with Crippen molar-refractivity contribution >= 4 is 22.8 Å². The van der Waals surface area contributed by atoms with Gasteiger partial charge in [0.25, 0.3) is 0 Å². The van der Waals surface area contributed by atoms with Crippen molar-refractivity contribution in [3.05, 3.63) is 40.6 Å². The number of hydrogen-bond donors (Lipinski definition) is 0. The topological polar surface area (TPSA) is 87.8 Å². The van der Waals surface area contributed by atoms with Crippen LogP contribution in [-0.2, 0) is 22.6 Å². The summed E-state index contributed by atoms with van der Waals surface area (Å²) in [7, 11) is 0. The lowest BCUT2D eigenvalue weighted by Gasteiger charge is -2.10. The Bertz CT molecular complexity index is 893. The van der Waals surface area contributed by atoms with E-state index in [0.29, 0.717) is 41.9 Å². The summed E-state index contributed by atoms with van der Waals surface area (Å²) in [5.74, 6) is 0.579. The van der Waals surface area contributed by atoms with Crippen LogP contribution in [0.2, 0.25) is 5.15 Å². The van der Waals surface area contributed by atoms with E-state index < -0.39 is 0 Å². The highest BCUT2D eigenvalue weighted by molar-refractivity contribution is 6.33. The summed E-state index contributed by atoms with van der Waals surface area (Å²) in [6.07, 6.45) is 1.09. The third kappa shape index (κ3) is 3.60. The number of nitrogens with zero attached hydrogens (tertiary/aromatic N) is 6. The fourth-order valence-electron chi connectivity index (χ4n) is 2.73. The molecule has 1 aliphatic heterocycles. The molecule has 9 heteroatoms. The second-order valence-electron chi connectivity index (χ2n) is 5.90. The molecular weight excluding hydrogens is 344 g/mol. The predicted octanol–water partition coefficient (Wildman–Crippen LogP) is 1.93. The maximum atomic E-state index is 6.10. The van der Waals surface area contributed by atoms with Crippen molar-refractivity contribution in [2.45, 2.75) is 32.6 Å². The van der Waals surface area contributed by atoms with Gasteiger partial charge in [0, 0.05) is 6.61 Å². The van der Waals surface area contributed by atoms with Crippen LogP contribution in [0.5, 0.6) is 0 Å². The summed E-state index contributed by atoms with van der Waals surface area (Å²) in [6, 6.07) is 5.84. The SMILES string of the molecule is Cc1nc(Cl)c2nnn(Cc3cccc(CO[C@H]4CCOC4)n3)c2n1. The first-order valence-corrected chi connectivity index (χ1v) is 8.44. The lowest BCUT2D eigenvalue weighted by molar-refractivity contribution is 0.0301. The number of hydrogen-bond acceptors (Lipinski definition) is 7. The molecule has 1 fully saturated rings. The first kappa shape index (κ1) is 16.3. The van der Waals surface area contributed by atoms with Gasteiger partial charge in [-0.25, -0.2) is 14.6 Å². The van der Waals surface area contributed by atoms with Crippen LogP contribution in [0.1, 0.15) is 23.6 Å². The van der Waals surface area contributed by atoms with Crippen LogP contribution in [-0.4, -0.2) is 49.3 Å². The van der Waals surface area contributed by atoms with E-state index in [9.17, 15) is 0 Å². The first-order chi connectivity index (χ1) is 12.2. The van der Waals surface area contributed by atoms with Crippen molar-refractivity contribution in [2.75, 3.05) is 13.2 Å². The minimum Gasteiger partial charge on any atom is -0.379 e. The fourth-order valence-corrected chi connectivity index (χ4v) is 2.98. The van der Waals surface area contributed by atoms with Gasteiger partial charge in [-0.2, -0.15) is 0 Å². The molecule has 0 amide bonds. The zero-order valence-corrected chi connectivity index (χ0v) is 14.5. The van der Waals surface area contributed by atoms with Crippen molar-refractivity contribution < 1.29 is 9.47 Å². The van der Waals surface area contributed by atoms with E-state index in [4.69, 9.17) is 21.1 Å². The third-order valence-corrected chi connectivity index (χ3v) is 4.23. The van der Waals surface area contributed by atoms with Crippen molar-refractivity contribution in [3.63, 3.8) is 0 Å². The Kier molecular flexibility index (Phi) is 4.56.